The summed E-state index contributed by atoms with van der Waals surface area (Å²) in [5.41, 5.74) is 0.0467. The highest BCUT2D eigenvalue weighted by Gasteiger charge is 2.42. The molecule has 1 aromatic carbocycles. The number of methoxy groups -OCH3 is 1. The lowest BCUT2D eigenvalue weighted by molar-refractivity contribution is -0.136. The predicted octanol–water partition coefficient (Wildman–Crippen LogP) is 3.33. The molecule has 0 saturated heterocycles. The van der Waals surface area contributed by atoms with Crippen LogP contribution in [0.5, 0.6) is 0 Å². The first kappa shape index (κ1) is 19.1. The largest absolute Gasteiger partial charge is 0.466 e. The minimum atomic E-state index is -2.83. The standard InChI is InChI=1S/C19H17F4NO3/c1-27-19(26)18-13(8-20)24-12-5-6-14(25)17(12)16(18)9-3-2-4-11(21)10(9)7-15(22)23/h2-4,15-16,24H,5-8H2,1H3/t16-/m1/s1. The Bertz CT molecular complexity index is 861. The molecule has 144 valence electrons. The average Bonchev–Trinajstić information content (AvgIpc) is 3.01. The zero-order valence-electron chi connectivity index (χ0n) is 14.5. The van der Waals surface area contributed by atoms with Crippen LogP contribution < -0.4 is 5.32 Å². The van der Waals surface area contributed by atoms with Crippen LogP contribution in [0.3, 0.4) is 0 Å². The maximum Gasteiger partial charge on any atom is 0.336 e. The molecular weight excluding hydrogens is 366 g/mol. The van der Waals surface area contributed by atoms with Crippen molar-refractivity contribution in [3.05, 3.63) is 57.7 Å². The van der Waals surface area contributed by atoms with Crippen LogP contribution in [0.25, 0.3) is 0 Å². The van der Waals surface area contributed by atoms with E-state index in [1.807, 2.05) is 0 Å². The second-order valence-corrected chi connectivity index (χ2v) is 6.29. The molecule has 0 radical (unpaired) electrons. The number of esters is 1. The fourth-order valence-corrected chi connectivity index (χ4v) is 3.69. The van der Waals surface area contributed by atoms with E-state index in [-0.39, 0.29) is 40.2 Å². The summed E-state index contributed by atoms with van der Waals surface area (Å²) < 4.78 is 58.8. The quantitative estimate of drug-likeness (QED) is 0.626. The van der Waals surface area contributed by atoms with Crippen molar-refractivity contribution in [1.29, 1.82) is 0 Å². The highest BCUT2D eigenvalue weighted by Crippen LogP contribution is 2.45. The van der Waals surface area contributed by atoms with E-state index in [4.69, 9.17) is 4.74 Å². The maximum atomic E-state index is 14.3. The van der Waals surface area contributed by atoms with Gasteiger partial charge in [0.1, 0.15) is 12.5 Å². The van der Waals surface area contributed by atoms with Crippen LogP contribution in [0.4, 0.5) is 17.6 Å². The van der Waals surface area contributed by atoms with Crippen LogP contribution in [-0.2, 0) is 20.7 Å². The van der Waals surface area contributed by atoms with Crippen LogP contribution in [0.2, 0.25) is 0 Å². The molecule has 3 rings (SSSR count). The Morgan fingerprint density at radius 3 is 2.70 bits per heavy atom. The van der Waals surface area contributed by atoms with Gasteiger partial charge in [0.25, 0.3) is 0 Å². The Kier molecular flexibility index (Phi) is 5.34. The van der Waals surface area contributed by atoms with Gasteiger partial charge in [-0.25, -0.2) is 22.4 Å². The molecule has 0 bridgehead atoms. The molecule has 0 unspecified atom stereocenters. The summed E-state index contributed by atoms with van der Waals surface area (Å²) in [7, 11) is 1.09. The number of Topliss-reactive ketones (excluding diaryl/α,β-unsaturated/α-hetero) is 1. The topological polar surface area (TPSA) is 55.4 Å². The number of nitrogens with one attached hydrogen (secondary N) is 1. The first-order valence-corrected chi connectivity index (χ1v) is 8.35. The molecule has 1 heterocycles. The number of carbonyl (C=O) groups is 2. The monoisotopic (exact) mass is 383 g/mol. The summed E-state index contributed by atoms with van der Waals surface area (Å²) in [5.74, 6) is -3.23. The number of hydrogen-bond acceptors (Lipinski definition) is 4. The van der Waals surface area contributed by atoms with Crippen LogP contribution in [-0.4, -0.2) is 32.0 Å². The van der Waals surface area contributed by atoms with E-state index in [9.17, 15) is 27.2 Å². The van der Waals surface area contributed by atoms with Gasteiger partial charge in [-0.15, -0.1) is 0 Å². The third kappa shape index (κ3) is 3.36. The Morgan fingerprint density at radius 1 is 1.33 bits per heavy atom. The third-order valence-corrected chi connectivity index (χ3v) is 4.80. The number of halogens is 4. The van der Waals surface area contributed by atoms with Gasteiger partial charge in [-0.05, 0) is 23.6 Å². The van der Waals surface area contributed by atoms with Crippen molar-refractivity contribution < 1.29 is 31.9 Å². The van der Waals surface area contributed by atoms with E-state index in [2.05, 4.69) is 5.32 Å². The fourth-order valence-electron chi connectivity index (χ4n) is 3.69. The number of allylic oxidation sites excluding steroid dienone is 3. The SMILES string of the molecule is COC(=O)C1=C(CF)NC2=C(C(=O)CC2)[C@H]1c1cccc(F)c1CC(F)F. The van der Waals surface area contributed by atoms with E-state index >= 15 is 0 Å². The molecule has 0 aromatic heterocycles. The Hall–Kier alpha value is -2.64. The summed E-state index contributed by atoms with van der Waals surface area (Å²) in [4.78, 5) is 24.8. The van der Waals surface area contributed by atoms with Gasteiger partial charge in [-0.1, -0.05) is 12.1 Å². The molecule has 1 aliphatic heterocycles. The van der Waals surface area contributed by atoms with Gasteiger partial charge < -0.3 is 10.1 Å². The Labute approximate surface area is 152 Å². The number of hydrogen-bond donors (Lipinski definition) is 1. The summed E-state index contributed by atoms with van der Waals surface area (Å²) in [6.45, 7) is -1.05. The third-order valence-electron chi connectivity index (χ3n) is 4.80. The van der Waals surface area contributed by atoms with Gasteiger partial charge in [0.15, 0.2) is 5.78 Å². The minimum absolute atomic E-state index is 0.0471. The first-order chi connectivity index (χ1) is 12.9. The molecule has 1 aliphatic carbocycles. The number of benzene rings is 1. The van der Waals surface area contributed by atoms with Crippen molar-refractivity contribution in [1.82, 2.24) is 5.32 Å². The van der Waals surface area contributed by atoms with Crippen molar-refractivity contribution in [3.63, 3.8) is 0 Å². The average molecular weight is 383 g/mol. The molecular formula is C19H17F4NO3. The van der Waals surface area contributed by atoms with E-state index < -0.39 is 37.2 Å². The van der Waals surface area contributed by atoms with Crippen molar-refractivity contribution in [2.24, 2.45) is 0 Å². The minimum Gasteiger partial charge on any atom is -0.466 e. The van der Waals surface area contributed by atoms with Crippen molar-refractivity contribution in [2.75, 3.05) is 13.8 Å². The first-order valence-electron chi connectivity index (χ1n) is 8.35. The van der Waals surface area contributed by atoms with E-state index in [0.717, 1.165) is 13.2 Å². The second kappa shape index (κ2) is 7.54. The molecule has 0 amide bonds. The normalized spacial score (nSPS) is 19.5. The van der Waals surface area contributed by atoms with Gasteiger partial charge in [0, 0.05) is 30.0 Å². The lowest BCUT2D eigenvalue weighted by atomic mass is 9.78. The van der Waals surface area contributed by atoms with E-state index in [1.54, 1.807) is 0 Å². The number of ketones is 1. The number of alkyl halides is 3. The van der Waals surface area contributed by atoms with Crippen molar-refractivity contribution in [2.45, 2.75) is 31.6 Å². The van der Waals surface area contributed by atoms with Gasteiger partial charge in [0.05, 0.1) is 18.4 Å². The highest BCUT2D eigenvalue weighted by atomic mass is 19.3. The van der Waals surface area contributed by atoms with Gasteiger partial charge >= 0.3 is 5.97 Å². The summed E-state index contributed by atoms with van der Waals surface area (Å²) >= 11 is 0. The second-order valence-electron chi connectivity index (χ2n) is 6.29. The molecule has 0 saturated carbocycles. The maximum absolute atomic E-state index is 14.3. The van der Waals surface area contributed by atoms with Gasteiger partial charge in [0.2, 0.25) is 6.43 Å². The number of dihydropyridines is 1. The zero-order valence-corrected chi connectivity index (χ0v) is 14.5. The molecule has 1 N–H and O–H groups in total. The lowest BCUT2D eigenvalue weighted by Crippen LogP contribution is -2.32. The van der Waals surface area contributed by atoms with E-state index in [1.165, 1.54) is 12.1 Å². The number of ether oxygens (including phenoxy) is 1. The fraction of sp³-hybridized carbons (Fsp3) is 0.368. The molecule has 27 heavy (non-hydrogen) atoms. The van der Waals surface area contributed by atoms with Crippen LogP contribution in [0.1, 0.15) is 29.9 Å². The summed E-state index contributed by atoms with van der Waals surface area (Å²) in [6, 6.07) is 3.72. The van der Waals surface area contributed by atoms with Crippen molar-refractivity contribution >= 4 is 11.8 Å². The Morgan fingerprint density at radius 2 is 2.07 bits per heavy atom. The molecule has 8 heteroatoms. The lowest BCUT2D eigenvalue weighted by Gasteiger charge is -2.30. The summed E-state index contributed by atoms with van der Waals surface area (Å²) in [6.07, 6.45) is -3.27. The Balaban J connectivity index is 2.27. The highest BCUT2D eigenvalue weighted by molar-refractivity contribution is 6.05. The molecule has 0 spiro atoms. The predicted molar refractivity (Wildman–Crippen MR) is 88.3 cm³/mol. The molecule has 1 atom stereocenters. The number of carbonyl (C=O) groups excluding carboxylic acids is 2. The van der Waals surface area contributed by atoms with E-state index in [0.29, 0.717) is 12.1 Å². The van der Waals surface area contributed by atoms with Gasteiger partial charge in [-0.3, -0.25) is 4.79 Å². The van der Waals surface area contributed by atoms with Gasteiger partial charge in [-0.2, -0.15) is 0 Å². The molecule has 1 aromatic rings. The molecule has 2 aliphatic rings. The molecule has 0 fully saturated rings. The van der Waals surface area contributed by atoms with Crippen LogP contribution in [0, 0.1) is 5.82 Å². The van der Waals surface area contributed by atoms with Crippen LogP contribution in [0.15, 0.2) is 40.7 Å². The smallest absolute Gasteiger partial charge is 0.336 e. The number of rotatable bonds is 5. The zero-order chi connectivity index (χ0) is 19.7. The van der Waals surface area contributed by atoms with Crippen molar-refractivity contribution in [3.8, 4) is 0 Å². The summed E-state index contributed by atoms with van der Waals surface area (Å²) in [5, 5.41) is 2.76. The van der Waals surface area contributed by atoms with Crippen LogP contribution >= 0.6 is 0 Å². The molecule has 4 nitrogen and oxygen atoms in total.